The number of hydrogen-bond acceptors (Lipinski definition) is 6. The molecule has 1 fully saturated rings. The van der Waals surface area contributed by atoms with Crippen molar-refractivity contribution in [2.24, 2.45) is 0 Å². The van der Waals surface area contributed by atoms with Gasteiger partial charge in [0.05, 0.1) is 41.1 Å². The molecule has 4 heterocycles. The minimum absolute atomic E-state index is 0.0120. The van der Waals surface area contributed by atoms with Gasteiger partial charge in [0.1, 0.15) is 5.76 Å². The number of amides is 1. The zero-order chi connectivity index (χ0) is 19.8. The van der Waals surface area contributed by atoms with Crippen LogP contribution in [0.3, 0.4) is 0 Å². The number of likely N-dealkylation sites (tertiary alicyclic amines) is 1. The third-order valence-corrected chi connectivity index (χ3v) is 4.83. The summed E-state index contributed by atoms with van der Waals surface area (Å²) in [5.41, 5.74) is 2.73. The van der Waals surface area contributed by atoms with Crippen molar-refractivity contribution in [1.82, 2.24) is 29.8 Å². The van der Waals surface area contributed by atoms with Crippen LogP contribution in [0.5, 0.6) is 0 Å². The van der Waals surface area contributed by atoms with E-state index in [9.17, 15) is 13.6 Å². The van der Waals surface area contributed by atoms with E-state index in [-0.39, 0.29) is 11.7 Å². The van der Waals surface area contributed by atoms with Crippen molar-refractivity contribution in [1.29, 1.82) is 0 Å². The van der Waals surface area contributed by atoms with Crippen LogP contribution in [0.2, 0.25) is 0 Å². The van der Waals surface area contributed by atoms with Crippen molar-refractivity contribution in [3.05, 3.63) is 47.5 Å². The first-order valence-electron chi connectivity index (χ1n) is 8.85. The first-order chi connectivity index (χ1) is 13.5. The first kappa shape index (κ1) is 18.2. The molecular weight excluding hydrogens is 370 g/mol. The minimum Gasteiger partial charge on any atom is -0.361 e. The SMILES string of the molecule is Cc1noc(C)c1-c1cncc(C2CCCN2C(=O)c2ccn(C(F)F)n2)n1. The average Bonchev–Trinajstić information content (AvgIpc) is 3.41. The second kappa shape index (κ2) is 7.10. The van der Waals surface area contributed by atoms with E-state index in [0.29, 0.717) is 40.5 Å². The van der Waals surface area contributed by atoms with Gasteiger partial charge >= 0.3 is 6.55 Å². The summed E-state index contributed by atoms with van der Waals surface area (Å²) in [6.45, 7) is 1.34. The van der Waals surface area contributed by atoms with E-state index in [4.69, 9.17) is 4.52 Å². The Morgan fingerprint density at radius 1 is 1.32 bits per heavy atom. The molecule has 0 N–H and O–H groups in total. The number of aryl methyl sites for hydroxylation is 2. The van der Waals surface area contributed by atoms with E-state index in [1.54, 1.807) is 24.2 Å². The highest BCUT2D eigenvalue weighted by molar-refractivity contribution is 5.92. The van der Waals surface area contributed by atoms with Crippen molar-refractivity contribution in [2.75, 3.05) is 6.54 Å². The lowest BCUT2D eigenvalue weighted by Crippen LogP contribution is -2.31. The Labute approximate surface area is 159 Å². The molecule has 0 aromatic carbocycles. The van der Waals surface area contributed by atoms with Gasteiger partial charge in [-0.15, -0.1) is 0 Å². The van der Waals surface area contributed by atoms with E-state index >= 15 is 0 Å². The second-order valence-electron chi connectivity index (χ2n) is 6.64. The molecule has 1 unspecified atom stereocenters. The lowest BCUT2D eigenvalue weighted by molar-refractivity contribution is 0.0549. The molecule has 3 aromatic heterocycles. The zero-order valence-corrected chi connectivity index (χ0v) is 15.3. The van der Waals surface area contributed by atoms with Crippen LogP contribution in [0, 0.1) is 13.8 Å². The molecule has 0 aliphatic carbocycles. The summed E-state index contributed by atoms with van der Waals surface area (Å²) in [4.78, 5) is 23.4. The van der Waals surface area contributed by atoms with Gasteiger partial charge in [0.2, 0.25) is 0 Å². The van der Waals surface area contributed by atoms with Crippen LogP contribution < -0.4 is 0 Å². The molecule has 1 saturated heterocycles. The van der Waals surface area contributed by atoms with Gasteiger partial charge in [0.15, 0.2) is 5.69 Å². The maximum Gasteiger partial charge on any atom is 0.333 e. The maximum absolute atomic E-state index is 12.8. The van der Waals surface area contributed by atoms with Gasteiger partial charge in [-0.3, -0.25) is 9.78 Å². The number of alkyl halides is 2. The summed E-state index contributed by atoms with van der Waals surface area (Å²) in [5.74, 6) is 0.243. The van der Waals surface area contributed by atoms with Crippen LogP contribution in [-0.4, -0.2) is 42.3 Å². The van der Waals surface area contributed by atoms with Gasteiger partial charge in [-0.25, -0.2) is 9.67 Å². The Morgan fingerprint density at radius 2 is 2.14 bits per heavy atom. The second-order valence-corrected chi connectivity index (χ2v) is 6.64. The molecule has 1 atom stereocenters. The Bertz CT molecular complexity index is 996. The van der Waals surface area contributed by atoms with Crippen molar-refractivity contribution >= 4 is 5.91 Å². The topological polar surface area (TPSA) is 89.9 Å². The molecule has 28 heavy (non-hydrogen) atoms. The molecule has 1 amide bonds. The van der Waals surface area contributed by atoms with Crippen LogP contribution in [0.15, 0.2) is 29.2 Å². The van der Waals surface area contributed by atoms with Crippen molar-refractivity contribution in [3.8, 4) is 11.3 Å². The molecule has 146 valence electrons. The third kappa shape index (κ3) is 3.14. The predicted octanol–water partition coefficient (Wildman–Crippen LogP) is 3.32. The number of carbonyl (C=O) groups is 1. The normalized spacial score (nSPS) is 16.9. The molecule has 3 aromatic rings. The van der Waals surface area contributed by atoms with Crippen molar-refractivity contribution < 1.29 is 18.1 Å². The molecule has 10 heteroatoms. The molecule has 0 spiro atoms. The Kier molecular flexibility index (Phi) is 4.62. The van der Waals surface area contributed by atoms with Gasteiger partial charge in [0.25, 0.3) is 5.91 Å². The van der Waals surface area contributed by atoms with Crippen LogP contribution in [0.4, 0.5) is 8.78 Å². The summed E-state index contributed by atoms with van der Waals surface area (Å²) >= 11 is 0. The number of aromatic nitrogens is 5. The van der Waals surface area contributed by atoms with Crippen LogP contribution >= 0.6 is 0 Å². The molecule has 8 nitrogen and oxygen atoms in total. The Balaban J connectivity index is 1.63. The fourth-order valence-electron chi connectivity index (χ4n) is 3.54. The van der Waals surface area contributed by atoms with Crippen LogP contribution in [-0.2, 0) is 0 Å². The lowest BCUT2D eigenvalue weighted by atomic mass is 10.1. The monoisotopic (exact) mass is 388 g/mol. The van der Waals surface area contributed by atoms with Crippen molar-refractivity contribution in [2.45, 2.75) is 39.3 Å². The maximum atomic E-state index is 12.8. The Hall–Kier alpha value is -3.17. The van der Waals surface area contributed by atoms with E-state index in [0.717, 1.165) is 18.2 Å². The molecule has 4 rings (SSSR count). The number of rotatable bonds is 4. The summed E-state index contributed by atoms with van der Waals surface area (Å²) in [7, 11) is 0. The van der Waals surface area contributed by atoms with Gasteiger partial charge in [-0.05, 0) is 32.8 Å². The van der Waals surface area contributed by atoms with E-state index in [1.165, 1.54) is 6.07 Å². The van der Waals surface area contributed by atoms with Gasteiger partial charge in [0, 0.05) is 12.7 Å². The summed E-state index contributed by atoms with van der Waals surface area (Å²) in [6, 6.07) is 1.01. The van der Waals surface area contributed by atoms with E-state index in [1.807, 2.05) is 6.92 Å². The lowest BCUT2D eigenvalue weighted by Gasteiger charge is -2.23. The van der Waals surface area contributed by atoms with E-state index in [2.05, 4.69) is 20.2 Å². The largest absolute Gasteiger partial charge is 0.361 e. The van der Waals surface area contributed by atoms with Crippen molar-refractivity contribution in [3.63, 3.8) is 0 Å². The minimum atomic E-state index is -2.78. The predicted molar refractivity (Wildman–Crippen MR) is 93.5 cm³/mol. The number of nitrogens with zero attached hydrogens (tertiary/aromatic N) is 6. The molecule has 0 saturated carbocycles. The number of halogens is 2. The third-order valence-electron chi connectivity index (χ3n) is 4.83. The summed E-state index contributed by atoms with van der Waals surface area (Å²) in [6.07, 6.45) is 5.84. The highest BCUT2D eigenvalue weighted by Gasteiger charge is 2.33. The summed E-state index contributed by atoms with van der Waals surface area (Å²) < 4.78 is 31.2. The van der Waals surface area contributed by atoms with Gasteiger partial charge in [-0.1, -0.05) is 5.16 Å². The first-order valence-corrected chi connectivity index (χ1v) is 8.85. The molecule has 1 aliphatic rings. The fraction of sp³-hybridized carbons (Fsp3) is 0.389. The molecule has 0 bridgehead atoms. The quantitative estimate of drug-likeness (QED) is 0.681. The highest BCUT2D eigenvalue weighted by atomic mass is 19.3. The highest BCUT2D eigenvalue weighted by Crippen LogP contribution is 2.33. The van der Waals surface area contributed by atoms with Gasteiger partial charge < -0.3 is 9.42 Å². The zero-order valence-electron chi connectivity index (χ0n) is 15.3. The van der Waals surface area contributed by atoms with Gasteiger partial charge in [-0.2, -0.15) is 13.9 Å². The fourth-order valence-corrected chi connectivity index (χ4v) is 3.54. The van der Waals surface area contributed by atoms with Crippen LogP contribution in [0.1, 0.15) is 53.1 Å². The standard InChI is InChI=1S/C18H18F2N6O2/c1-10-16(11(2)28-24-10)14-9-21-8-13(22-14)15-4-3-6-25(15)17(27)12-5-7-26(23-12)18(19)20/h5,7-9,15,18H,3-4,6H2,1-2H3. The van der Waals surface area contributed by atoms with E-state index < -0.39 is 12.5 Å². The van der Waals surface area contributed by atoms with Crippen LogP contribution in [0.25, 0.3) is 11.3 Å². The number of carbonyl (C=O) groups excluding carboxylic acids is 1. The Morgan fingerprint density at radius 3 is 2.82 bits per heavy atom. The number of hydrogen-bond donors (Lipinski definition) is 0. The average molecular weight is 388 g/mol. The summed E-state index contributed by atoms with van der Waals surface area (Å²) in [5, 5.41) is 7.62. The molecule has 0 radical (unpaired) electrons. The molecule has 1 aliphatic heterocycles. The smallest absolute Gasteiger partial charge is 0.333 e. The molecular formula is C18H18F2N6O2.